The number of primary amides is 1. The van der Waals surface area contributed by atoms with E-state index in [-0.39, 0.29) is 31.3 Å². The topological polar surface area (TPSA) is 139 Å². The second-order valence-corrected chi connectivity index (χ2v) is 9.14. The van der Waals surface area contributed by atoms with E-state index < -0.39 is 41.9 Å². The molecule has 0 aromatic heterocycles. The Morgan fingerprint density at radius 2 is 1.82 bits per heavy atom. The number of nitrogens with zero attached hydrogens (tertiary/aromatic N) is 2. The lowest BCUT2D eigenvalue weighted by molar-refractivity contribution is -0.142. The van der Waals surface area contributed by atoms with E-state index >= 15 is 0 Å². The van der Waals surface area contributed by atoms with E-state index in [2.05, 4.69) is 5.32 Å². The zero-order chi connectivity index (χ0) is 24.8. The van der Waals surface area contributed by atoms with Gasteiger partial charge in [-0.05, 0) is 37.2 Å². The van der Waals surface area contributed by atoms with E-state index in [0.29, 0.717) is 25.8 Å². The Labute approximate surface area is 198 Å². The molecule has 5 amide bonds. The summed E-state index contributed by atoms with van der Waals surface area (Å²) in [6, 6.07) is 6.33. The van der Waals surface area contributed by atoms with Crippen LogP contribution in [-0.2, 0) is 30.5 Å². The Kier molecular flexibility index (Phi) is 8.25. The van der Waals surface area contributed by atoms with Gasteiger partial charge in [0.2, 0.25) is 23.6 Å². The Morgan fingerprint density at radius 3 is 2.47 bits per heavy atom. The third-order valence-electron chi connectivity index (χ3n) is 6.10. The molecular weight excluding hydrogens is 440 g/mol. The molecule has 3 atom stereocenters. The van der Waals surface area contributed by atoms with Crippen LogP contribution in [0.5, 0.6) is 0 Å². The number of ether oxygens (including phenoxy) is 1. The third kappa shape index (κ3) is 5.92. The summed E-state index contributed by atoms with van der Waals surface area (Å²) in [6.45, 7) is 4.18. The smallest absolute Gasteiger partial charge is 0.417 e. The molecule has 2 heterocycles. The Bertz CT molecular complexity index is 935. The third-order valence-corrected chi connectivity index (χ3v) is 6.10. The molecule has 1 aromatic rings. The Morgan fingerprint density at radius 1 is 1.12 bits per heavy atom. The van der Waals surface area contributed by atoms with Gasteiger partial charge < -0.3 is 20.7 Å². The number of benzene rings is 1. The molecule has 3 N–H and O–H groups in total. The van der Waals surface area contributed by atoms with Gasteiger partial charge in [-0.25, -0.2) is 9.69 Å². The maximum atomic E-state index is 13.2. The van der Waals surface area contributed by atoms with Crippen LogP contribution < -0.4 is 11.1 Å². The minimum atomic E-state index is -1.07. The zero-order valence-electron chi connectivity index (χ0n) is 19.6. The van der Waals surface area contributed by atoms with Crippen LogP contribution in [-0.4, -0.2) is 64.2 Å². The predicted molar refractivity (Wildman–Crippen MR) is 122 cm³/mol. The van der Waals surface area contributed by atoms with Crippen LogP contribution in [0.25, 0.3) is 0 Å². The molecule has 0 spiro atoms. The number of carbonyl (C=O) groups is 5. The number of likely N-dealkylation sites (tertiary alicyclic amines) is 2. The molecule has 2 aliphatic rings. The fourth-order valence-electron chi connectivity index (χ4n) is 4.44. The van der Waals surface area contributed by atoms with Gasteiger partial charge in [0.1, 0.15) is 24.7 Å². The second-order valence-electron chi connectivity index (χ2n) is 9.14. The molecule has 184 valence electrons. The van der Waals surface area contributed by atoms with Gasteiger partial charge >= 0.3 is 6.09 Å². The van der Waals surface area contributed by atoms with Crippen LogP contribution >= 0.6 is 0 Å². The van der Waals surface area contributed by atoms with Gasteiger partial charge in [-0.3, -0.25) is 19.2 Å². The highest BCUT2D eigenvalue weighted by Gasteiger charge is 2.43. The first-order valence-corrected chi connectivity index (χ1v) is 11.6. The van der Waals surface area contributed by atoms with Gasteiger partial charge in [-0.15, -0.1) is 0 Å². The fourth-order valence-corrected chi connectivity index (χ4v) is 4.44. The van der Waals surface area contributed by atoms with Crippen molar-refractivity contribution in [3.8, 4) is 0 Å². The van der Waals surface area contributed by atoms with E-state index in [1.54, 1.807) is 24.3 Å². The standard InChI is InChI=1S/C24H32N4O6/c1-15(2)13-17(23(32)27-12-6-9-18(27)21(25)30)26-22(31)19-10-11-20(29)28(19)24(33)34-14-16-7-4-3-5-8-16/h3-5,7-8,15,17-19H,6,9-14H2,1-2H3,(H2,25,30)(H,26,31)/t17-,18+,19+/m1/s1. The molecule has 2 saturated heterocycles. The first-order valence-electron chi connectivity index (χ1n) is 11.6. The van der Waals surface area contributed by atoms with Crippen LogP contribution in [0, 0.1) is 5.92 Å². The number of nitrogens with one attached hydrogen (secondary N) is 1. The number of hydrogen-bond acceptors (Lipinski definition) is 6. The average molecular weight is 473 g/mol. The lowest BCUT2D eigenvalue weighted by Gasteiger charge is -2.30. The van der Waals surface area contributed by atoms with Crippen LogP contribution in [0.4, 0.5) is 4.79 Å². The lowest BCUT2D eigenvalue weighted by atomic mass is 10.0. The maximum absolute atomic E-state index is 13.2. The molecule has 10 heteroatoms. The van der Waals surface area contributed by atoms with Crippen molar-refractivity contribution in [2.45, 2.75) is 70.7 Å². The van der Waals surface area contributed by atoms with Crippen molar-refractivity contribution < 1.29 is 28.7 Å². The summed E-state index contributed by atoms with van der Waals surface area (Å²) >= 11 is 0. The molecule has 0 radical (unpaired) electrons. The molecule has 0 aliphatic carbocycles. The quantitative estimate of drug-likeness (QED) is 0.585. The van der Waals surface area contributed by atoms with Crippen molar-refractivity contribution in [2.24, 2.45) is 11.7 Å². The summed E-state index contributed by atoms with van der Waals surface area (Å²) in [5.41, 5.74) is 6.20. The summed E-state index contributed by atoms with van der Waals surface area (Å²) < 4.78 is 5.26. The molecule has 34 heavy (non-hydrogen) atoms. The maximum Gasteiger partial charge on any atom is 0.417 e. The number of amides is 5. The van der Waals surface area contributed by atoms with Crippen molar-refractivity contribution in [3.63, 3.8) is 0 Å². The first kappa shape index (κ1) is 25.2. The van der Waals surface area contributed by atoms with Crippen molar-refractivity contribution >= 4 is 29.7 Å². The number of imide groups is 1. The summed E-state index contributed by atoms with van der Waals surface area (Å²) in [5.74, 6) is -1.99. The minimum absolute atomic E-state index is 0.0250. The number of carbonyl (C=O) groups excluding carboxylic acids is 5. The van der Waals surface area contributed by atoms with E-state index in [4.69, 9.17) is 10.5 Å². The van der Waals surface area contributed by atoms with Crippen molar-refractivity contribution in [3.05, 3.63) is 35.9 Å². The second kappa shape index (κ2) is 11.1. The Hall–Kier alpha value is -3.43. The highest BCUT2D eigenvalue weighted by Crippen LogP contribution is 2.23. The van der Waals surface area contributed by atoms with Crippen LogP contribution in [0.2, 0.25) is 0 Å². The van der Waals surface area contributed by atoms with Crippen LogP contribution in [0.3, 0.4) is 0 Å². The van der Waals surface area contributed by atoms with Gasteiger partial charge in [0.05, 0.1) is 0 Å². The van der Waals surface area contributed by atoms with Crippen molar-refractivity contribution in [1.82, 2.24) is 15.1 Å². The summed E-state index contributed by atoms with van der Waals surface area (Å²) in [7, 11) is 0. The average Bonchev–Trinajstić information content (AvgIpc) is 3.44. The van der Waals surface area contributed by atoms with E-state index in [9.17, 15) is 24.0 Å². The first-order chi connectivity index (χ1) is 16.2. The number of hydrogen-bond donors (Lipinski definition) is 2. The van der Waals surface area contributed by atoms with E-state index in [1.807, 2.05) is 19.9 Å². The molecule has 0 bridgehead atoms. The van der Waals surface area contributed by atoms with Crippen molar-refractivity contribution in [2.75, 3.05) is 6.54 Å². The highest BCUT2D eigenvalue weighted by atomic mass is 16.6. The SMILES string of the molecule is CC(C)C[C@@H](NC(=O)[C@@H]1CCC(=O)N1C(=O)OCc1ccccc1)C(=O)N1CCC[C@H]1C(N)=O. The molecule has 2 aliphatic heterocycles. The molecule has 3 rings (SSSR count). The van der Waals surface area contributed by atoms with Crippen LogP contribution in [0.1, 0.15) is 51.5 Å². The van der Waals surface area contributed by atoms with E-state index in [1.165, 1.54) is 4.90 Å². The van der Waals surface area contributed by atoms with Gasteiger partial charge in [0.25, 0.3) is 0 Å². The predicted octanol–water partition coefficient (Wildman–Crippen LogP) is 1.32. The van der Waals surface area contributed by atoms with Crippen LogP contribution in [0.15, 0.2) is 30.3 Å². The van der Waals surface area contributed by atoms with Gasteiger partial charge in [-0.2, -0.15) is 0 Å². The highest BCUT2D eigenvalue weighted by molar-refractivity contribution is 6.01. The fraction of sp³-hybridized carbons (Fsp3) is 0.542. The number of rotatable bonds is 8. The molecular formula is C24H32N4O6. The minimum Gasteiger partial charge on any atom is -0.444 e. The lowest BCUT2D eigenvalue weighted by Crippen LogP contribution is -2.56. The normalized spacial score (nSPS) is 21.0. The molecule has 0 unspecified atom stereocenters. The molecule has 1 aromatic carbocycles. The molecule has 10 nitrogen and oxygen atoms in total. The Balaban J connectivity index is 1.69. The monoisotopic (exact) mass is 472 g/mol. The molecule has 2 fully saturated rings. The van der Waals surface area contributed by atoms with Crippen molar-refractivity contribution in [1.29, 1.82) is 0 Å². The molecule has 0 saturated carbocycles. The zero-order valence-corrected chi connectivity index (χ0v) is 19.6. The van der Waals surface area contributed by atoms with Gasteiger partial charge in [-0.1, -0.05) is 44.2 Å². The summed E-state index contributed by atoms with van der Waals surface area (Å²) in [5, 5.41) is 2.72. The largest absolute Gasteiger partial charge is 0.444 e. The van der Waals surface area contributed by atoms with Gasteiger partial charge in [0, 0.05) is 13.0 Å². The number of nitrogens with two attached hydrogens (primary N) is 1. The van der Waals surface area contributed by atoms with Gasteiger partial charge in [0.15, 0.2) is 0 Å². The summed E-state index contributed by atoms with van der Waals surface area (Å²) in [4.78, 5) is 65.4. The summed E-state index contributed by atoms with van der Waals surface area (Å²) in [6.07, 6.45) is 0.748. The van der Waals surface area contributed by atoms with E-state index in [0.717, 1.165) is 10.5 Å².